The van der Waals surface area contributed by atoms with Crippen LogP contribution in [-0.2, 0) is 4.79 Å². The van der Waals surface area contributed by atoms with E-state index in [0.29, 0.717) is 33.1 Å². The Kier molecular flexibility index (Phi) is 8.35. The fourth-order valence-corrected chi connectivity index (χ4v) is 4.08. The van der Waals surface area contributed by atoms with E-state index in [2.05, 4.69) is 26.3 Å². The summed E-state index contributed by atoms with van der Waals surface area (Å²) in [6.45, 7) is 3.60. The van der Waals surface area contributed by atoms with E-state index in [-0.39, 0.29) is 23.8 Å². The van der Waals surface area contributed by atoms with E-state index >= 15 is 0 Å². The van der Waals surface area contributed by atoms with Gasteiger partial charge in [-0.1, -0.05) is 53.5 Å². The van der Waals surface area contributed by atoms with E-state index in [9.17, 15) is 14.0 Å². The Labute approximate surface area is 226 Å². The van der Waals surface area contributed by atoms with Gasteiger partial charge in [-0.3, -0.25) is 9.59 Å². The standard InChI is InChI=1S/C27H23BrClFN4O3/c1-3-16(2)26-33-22-10-8-18(28)13-20(22)27(36)34(26)31-14-17-12-19(29)9-11-24(17)37-15-25(35)32-23-7-5-4-6-21(23)30/h4-14,16H,3,15H2,1-2H3,(H,32,35)/t16-/m1/s1. The predicted molar refractivity (Wildman–Crippen MR) is 147 cm³/mol. The summed E-state index contributed by atoms with van der Waals surface area (Å²) >= 11 is 9.59. The van der Waals surface area contributed by atoms with Crippen molar-refractivity contribution in [3.63, 3.8) is 0 Å². The molecule has 1 N–H and O–H groups in total. The van der Waals surface area contributed by atoms with Crippen LogP contribution in [0.2, 0.25) is 5.02 Å². The smallest absolute Gasteiger partial charge is 0.282 e. The van der Waals surface area contributed by atoms with Gasteiger partial charge in [-0.25, -0.2) is 9.37 Å². The van der Waals surface area contributed by atoms with Gasteiger partial charge in [0.15, 0.2) is 6.61 Å². The third kappa shape index (κ3) is 6.23. The largest absolute Gasteiger partial charge is 0.483 e. The van der Waals surface area contributed by atoms with Crippen molar-refractivity contribution in [1.82, 2.24) is 9.66 Å². The Hall–Kier alpha value is -3.56. The van der Waals surface area contributed by atoms with E-state index in [1.54, 1.807) is 36.4 Å². The molecule has 0 unspecified atom stereocenters. The summed E-state index contributed by atoms with van der Waals surface area (Å²) < 4.78 is 21.5. The number of para-hydroxylation sites is 1. The molecule has 3 aromatic carbocycles. The molecule has 1 atom stereocenters. The number of amides is 1. The molecule has 1 amide bonds. The lowest BCUT2D eigenvalue weighted by Crippen LogP contribution is -2.24. The zero-order chi connectivity index (χ0) is 26.5. The molecular formula is C27H23BrClFN4O3. The van der Waals surface area contributed by atoms with Crippen LogP contribution in [0.3, 0.4) is 0 Å². The fraction of sp³-hybridized carbons (Fsp3) is 0.185. The summed E-state index contributed by atoms with van der Waals surface area (Å²) in [5.41, 5.74) is 0.776. The zero-order valence-electron chi connectivity index (χ0n) is 20.0. The molecule has 0 radical (unpaired) electrons. The molecule has 10 heteroatoms. The predicted octanol–water partition coefficient (Wildman–Crippen LogP) is 6.36. The summed E-state index contributed by atoms with van der Waals surface area (Å²) in [4.78, 5) is 30.4. The number of benzene rings is 3. The monoisotopic (exact) mass is 584 g/mol. The van der Waals surface area contributed by atoms with Crippen molar-refractivity contribution in [2.75, 3.05) is 11.9 Å². The second-order valence-electron chi connectivity index (χ2n) is 8.30. The number of carbonyl (C=O) groups excluding carboxylic acids is 1. The number of nitrogens with one attached hydrogen (secondary N) is 1. The first-order valence-electron chi connectivity index (χ1n) is 11.5. The molecule has 190 valence electrons. The quantitative estimate of drug-likeness (QED) is 0.244. The van der Waals surface area contributed by atoms with Gasteiger partial charge < -0.3 is 10.1 Å². The van der Waals surface area contributed by atoms with Crippen molar-refractivity contribution in [2.24, 2.45) is 5.10 Å². The third-order valence-corrected chi connectivity index (χ3v) is 6.41. The Morgan fingerprint density at radius 2 is 2.03 bits per heavy atom. The second-order valence-corrected chi connectivity index (χ2v) is 9.65. The fourth-order valence-electron chi connectivity index (χ4n) is 3.54. The molecule has 0 aliphatic carbocycles. The minimum Gasteiger partial charge on any atom is -0.483 e. The van der Waals surface area contributed by atoms with Gasteiger partial charge in [0.05, 0.1) is 22.8 Å². The number of nitrogens with zero attached hydrogens (tertiary/aromatic N) is 3. The van der Waals surface area contributed by atoms with Crippen LogP contribution >= 0.6 is 27.5 Å². The number of rotatable bonds is 8. The summed E-state index contributed by atoms with van der Waals surface area (Å²) in [6.07, 6.45) is 2.20. The van der Waals surface area contributed by atoms with Crippen LogP contribution in [0.4, 0.5) is 10.1 Å². The maximum Gasteiger partial charge on any atom is 0.282 e. The maximum absolute atomic E-state index is 13.8. The topological polar surface area (TPSA) is 85.6 Å². The Bertz CT molecular complexity index is 1560. The van der Waals surface area contributed by atoms with Crippen molar-refractivity contribution in [1.29, 1.82) is 0 Å². The highest BCUT2D eigenvalue weighted by Gasteiger charge is 2.16. The van der Waals surface area contributed by atoms with Gasteiger partial charge in [-0.05, 0) is 55.0 Å². The van der Waals surface area contributed by atoms with Crippen molar-refractivity contribution in [3.05, 3.63) is 97.7 Å². The molecule has 0 spiro atoms. The lowest BCUT2D eigenvalue weighted by Gasteiger charge is -2.14. The Morgan fingerprint density at radius 1 is 1.24 bits per heavy atom. The molecule has 7 nitrogen and oxygen atoms in total. The lowest BCUT2D eigenvalue weighted by atomic mass is 10.1. The van der Waals surface area contributed by atoms with Crippen molar-refractivity contribution in [2.45, 2.75) is 26.2 Å². The first kappa shape index (κ1) is 26.5. The Balaban J connectivity index is 1.64. The van der Waals surface area contributed by atoms with Gasteiger partial charge in [0, 0.05) is 21.0 Å². The first-order chi connectivity index (χ1) is 17.8. The zero-order valence-corrected chi connectivity index (χ0v) is 22.4. The molecule has 1 aromatic heterocycles. The van der Waals surface area contributed by atoms with E-state index in [0.717, 1.165) is 10.9 Å². The van der Waals surface area contributed by atoms with Crippen LogP contribution in [0.15, 0.2) is 75.0 Å². The summed E-state index contributed by atoms with van der Waals surface area (Å²) in [7, 11) is 0. The number of halogens is 3. The summed E-state index contributed by atoms with van der Waals surface area (Å²) in [5, 5.41) is 7.75. The molecule has 0 saturated carbocycles. The lowest BCUT2D eigenvalue weighted by molar-refractivity contribution is -0.118. The number of carbonyl (C=O) groups is 1. The van der Waals surface area contributed by atoms with Gasteiger partial charge >= 0.3 is 0 Å². The molecule has 1 heterocycles. The average molecular weight is 586 g/mol. The minimum absolute atomic E-state index is 0.0324. The van der Waals surface area contributed by atoms with Crippen LogP contribution in [0.25, 0.3) is 10.9 Å². The van der Waals surface area contributed by atoms with E-state index in [1.807, 2.05) is 19.9 Å². The number of hydrogen-bond acceptors (Lipinski definition) is 5. The van der Waals surface area contributed by atoms with Gasteiger partial charge in [0.1, 0.15) is 17.4 Å². The van der Waals surface area contributed by atoms with E-state index in [1.165, 1.54) is 29.1 Å². The third-order valence-electron chi connectivity index (χ3n) is 5.68. The minimum atomic E-state index is -0.547. The molecule has 0 aliphatic rings. The maximum atomic E-state index is 13.8. The van der Waals surface area contributed by atoms with Gasteiger partial charge in [0.25, 0.3) is 11.5 Å². The van der Waals surface area contributed by atoms with E-state index in [4.69, 9.17) is 21.3 Å². The van der Waals surface area contributed by atoms with E-state index < -0.39 is 11.7 Å². The number of aromatic nitrogens is 2. The van der Waals surface area contributed by atoms with Gasteiger partial charge in [0.2, 0.25) is 0 Å². The van der Waals surface area contributed by atoms with Crippen molar-refractivity contribution >= 4 is 56.2 Å². The Morgan fingerprint density at radius 3 is 2.78 bits per heavy atom. The molecular weight excluding hydrogens is 563 g/mol. The average Bonchev–Trinajstić information content (AvgIpc) is 2.88. The molecule has 4 aromatic rings. The highest BCUT2D eigenvalue weighted by atomic mass is 79.9. The number of fused-ring (bicyclic) bond motifs is 1. The SMILES string of the molecule is CC[C@@H](C)c1nc2ccc(Br)cc2c(=O)n1N=Cc1cc(Cl)ccc1OCC(=O)Nc1ccccc1F. The molecule has 37 heavy (non-hydrogen) atoms. The second kappa shape index (κ2) is 11.7. The van der Waals surface area contributed by atoms with Crippen LogP contribution in [0.5, 0.6) is 5.75 Å². The summed E-state index contributed by atoms with van der Waals surface area (Å²) in [5.74, 6) is -0.287. The molecule has 4 rings (SSSR count). The highest BCUT2D eigenvalue weighted by Crippen LogP contribution is 2.23. The molecule has 0 bridgehead atoms. The normalized spacial score (nSPS) is 12.1. The molecule has 0 fully saturated rings. The van der Waals surface area contributed by atoms with Gasteiger partial charge in [-0.2, -0.15) is 9.78 Å². The van der Waals surface area contributed by atoms with Crippen LogP contribution in [0, 0.1) is 5.82 Å². The first-order valence-corrected chi connectivity index (χ1v) is 12.7. The number of ether oxygens (including phenoxy) is 1. The highest BCUT2D eigenvalue weighted by molar-refractivity contribution is 9.10. The number of hydrogen-bond donors (Lipinski definition) is 1. The summed E-state index contributed by atoms with van der Waals surface area (Å²) in [6, 6.07) is 16.0. The van der Waals surface area contributed by atoms with Crippen molar-refractivity contribution < 1.29 is 13.9 Å². The molecule has 0 aliphatic heterocycles. The van der Waals surface area contributed by atoms with Crippen LogP contribution < -0.4 is 15.6 Å². The van der Waals surface area contributed by atoms with Crippen LogP contribution in [0.1, 0.15) is 37.6 Å². The van der Waals surface area contributed by atoms with Gasteiger partial charge in [-0.15, -0.1) is 0 Å². The number of anilines is 1. The molecule has 0 saturated heterocycles. The van der Waals surface area contributed by atoms with Crippen molar-refractivity contribution in [3.8, 4) is 5.75 Å². The van der Waals surface area contributed by atoms with Crippen LogP contribution in [-0.4, -0.2) is 28.4 Å².